The van der Waals surface area contributed by atoms with Crippen LogP contribution in [0.2, 0.25) is 0 Å². The Morgan fingerprint density at radius 2 is 1.87 bits per heavy atom. The molecule has 3 N–H and O–H groups in total. The molecule has 0 saturated heterocycles. The first-order valence-corrected chi connectivity index (χ1v) is 9.09. The normalized spacial score (nSPS) is 11.9. The highest BCUT2D eigenvalue weighted by molar-refractivity contribution is 6.38. The summed E-state index contributed by atoms with van der Waals surface area (Å²) in [5.41, 5.74) is 6.50. The topological polar surface area (TPSA) is 133 Å². The maximum atomic E-state index is 12.9. The molecule has 1 atom stereocenters. The van der Waals surface area contributed by atoms with E-state index >= 15 is 0 Å². The number of Topliss-reactive ketones (excluding diaryl/α,β-unsaturated/α-hetero) is 1. The summed E-state index contributed by atoms with van der Waals surface area (Å²) in [6.45, 7) is 0. The van der Waals surface area contributed by atoms with Crippen LogP contribution in [0.1, 0.15) is 16.2 Å². The van der Waals surface area contributed by atoms with Crippen LogP contribution in [0.3, 0.4) is 0 Å². The van der Waals surface area contributed by atoms with E-state index < -0.39 is 23.6 Å². The lowest BCUT2D eigenvalue weighted by Crippen LogP contribution is -2.47. The maximum Gasteiger partial charge on any atom is 0.288 e. The third-order valence-electron chi connectivity index (χ3n) is 4.59. The Kier molecular flexibility index (Phi) is 5.08. The number of nitrogens with two attached hydrogens (primary N) is 1. The van der Waals surface area contributed by atoms with E-state index in [0.29, 0.717) is 17.0 Å². The molecule has 0 spiro atoms. The summed E-state index contributed by atoms with van der Waals surface area (Å²) in [5.74, 6) is -2.18. The fourth-order valence-corrected chi connectivity index (χ4v) is 3.17. The van der Waals surface area contributed by atoms with Gasteiger partial charge in [0.05, 0.1) is 6.26 Å². The van der Waals surface area contributed by atoms with Crippen LogP contribution < -0.4 is 11.1 Å². The molecule has 150 valence electrons. The average molecular weight is 403 g/mol. The zero-order valence-electron chi connectivity index (χ0n) is 15.7. The number of imidazole rings is 1. The number of hydrogen-bond acceptors (Lipinski definition) is 6. The third-order valence-corrected chi connectivity index (χ3v) is 4.59. The van der Waals surface area contributed by atoms with Crippen molar-refractivity contribution in [2.45, 2.75) is 12.5 Å². The minimum atomic E-state index is -1.18. The molecule has 0 aliphatic rings. The number of aromatic nitrogens is 3. The molecule has 4 rings (SSSR count). The number of primary amides is 1. The zero-order chi connectivity index (χ0) is 21.1. The van der Waals surface area contributed by atoms with Gasteiger partial charge in [0.15, 0.2) is 0 Å². The lowest BCUT2D eigenvalue weighted by atomic mass is 10.0. The van der Waals surface area contributed by atoms with Crippen LogP contribution in [0.25, 0.3) is 16.8 Å². The Bertz CT molecular complexity index is 1230. The number of ketones is 1. The molecule has 0 fully saturated rings. The van der Waals surface area contributed by atoms with Crippen LogP contribution in [0, 0.1) is 0 Å². The average Bonchev–Trinajstić information content (AvgIpc) is 3.41. The largest absolute Gasteiger partial charge is 0.464 e. The van der Waals surface area contributed by atoms with Crippen LogP contribution >= 0.6 is 0 Å². The second-order valence-corrected chi connectivity index (χ2v) is 6.52. The van der Waals surface area contributed by atoms with Crippen molar-refractivity contribution < 1.29 is 18.8 Å². The van der Waals surface area contributed by atoms with Gasteiger partial charge in [-0.2, -0.15) is 0 Å². The highest BCUT2D eigenvalue weighted by atomic mass is 16.3. The second kappa shape index (κ2) is 8.00. The van der Waals surface area contributed by atoms with E-state index in [9.17, 15) is 14.4 Å². The Labute approximate surface area is 170 Å². The number of hydrogen-bond donors (Lipinski definition) is 2. The van der Waals surface area contributed by atoms with Gasteiger partial charge in [0.2, 0.25) is 11.6 Å². The molecule has 3 heterocycles. The SMILES string of the molecule is NC(=O)C(=O)C(Cc1coc2ccccc12)NC(=O)c1nccn1-c1ccccn1. The van der Waals surface area contributed by atoms with Gasteiger partial charge in [-0.25, -0.2) is 9.97 Å². The molecule has 4 aromatic rings. The first kappa shape index (κ1) is 19.1. The molecule has 9 heteroatoms. The van der Waals surface area contributed by atoms with E-state index in [1.165, 1.54) is 17.0 Å². The minimum Gasteiger partial charge on any atom is -0.464 e. The van der Waals surface area contributed by atoms with E-state index in [-0.39, 0.29) is 12.2 Å². The molecular weight excluding hydrogens is 386 g/mol. The van der Waals surface area contributed by atoms with Crippen LogP contribution in [0.4, 0.5) is 0 Å². The lowest BCUT2D eigenvalue weighted by Gasteiger charge is -2.16. The van der Waals surface area contributed by atoms with Crippen molar-refractivity contribution in [1.82, 2.24) is 19.9 Å². The number of pyridine rings is 1. The summed E-state index contributed by atoms with van der Waals surface area (Å²) in [6, 6.07) is 11.3. The number of rotatable bonds is 7. The van der Waals surface area contributed by atoms with Crippen molar-refractivity contribution in [2.75, 3.05) is 0 Å². The second-order valence-electron chi connectivity index (χ2n) is 6.52. The van der Waals surface area contributed by atoms with Crippen molar-refractivity contribution in [2.24, 2.45) is 5.73 Å². The van der Waals surface area contributed by atoms with Gasteiger partial charge in [-0.3, -0.25) is 19.0 Å². The smallest absolute Gasteiger partial charge is 0.288 e. The number of carbonyl (C=O) groups excluding carboxylic acids is 3. The number of amides is 2. The van der Waals surface area contributed by atoms with E-state index in [1.807, 2.05) is 18.2 Å². The first-order chi connectivity index (χ1) is 14.5. The predicted octanol–water partition coefficient (Wildman–Crippen LogP) is 1.41. The molecule has 3 aromatic heterocycles. The lowest BCUT2D eigenvalue weighted by molar-refractivity contribution is -0.137. The Balaban J connectivity index is 1.62. The van der Waals surface area contributed by atoms with E-state index in [2.05, 4.69) is 15.3 Å². The fraction of sp³-hybridized carbons (Fsp3) is 0.0952. The molecule has 0 bridgehead atoms. The zero-order valence-corrected chi connectivity index (χ0v) is 15.7. The summed E-state index contributed by atoms with van der Waals surface area (Å²) in [6.07, 6.45) is 6.13. The molecule has 0 aliphatic carbocycles. The van der Waals surface area contributed by atoms with Crippen molar-refractivity contribution in [3.63, 3.8) is 0 Å². The van der Waals surface area contributed by atoms with Crippen molar-refractivity contribution in [3.05, 3.63) is 78.7 Å². The highest BCUT2D eigenvalue weighted by Crippen LogP contribution is 2.22. The summed E-state index contributed by atoms with van der Waals surface area (Å²) in [4.78, 5) is 45.1. The number of nitrogens with zero attached hydrogens (tertiary/aromatic N) is 3. The van der Waals surface area contributed by atoms with E-state index in [4.69, 9.17) is 10.2 Å². The van der Waals surface area contributed by atoms with Crippen LogP contribution in [-0.4, -0.2) is 38.2 Å². The summed E-state index contributed by atoms with van der Waals surface area (Å²) in [7, 11) is 0. The number of benzene rings is 1. The minimum absolute atomic E-state index is 0.0213. The first-order valence-electron chi connectivity index (χ1n) is 9.09. The van der Waals surface area contributed by atoms with Crippen LogP contribution in [-0.2, 0) is 16.0 Å². The highest BCUT2D eigenvalue weighted by Gasteiger charge is 2.28. The molecule has 30 heavy (non-hydrogen) atoms. The number of carbonyl (C=O) groups is 3. The van der Waals surface area contributed by atoms with Gasteiger partial charge in [0, 0.05) is 36.0 Å². The summed E-state index contributed by atoms with van der Waals surface area (Å²) >= 11 is 0. The molecule has 0 aliphatic heterocycles. The predicted molar refractivity (Wildman–Crippen MR) is 107 cm³/mol. The van der Waals surface area contributed by atoms with Crippen LogP contribution in [0.5, 0.6) is 0 Å². The summed E-state index contributed by atoms with van der Waals surface area (Å²) < 4.78 is 6.96. The molecule has 0 saturated carbocycles. The maximum absolute atomic E-state index is 12.9. The quantitative estimate of drug-likeness (QED) is 0.448. The Hall–Kier alpha value is -4.27. The van der Waals surface area contributed by atoms with E-state index in [1.54, 1.807) is 36.7 Å². The molecule has 0 radical (unpaired) electrons. The third kappa shape index (κ3) is 3.68. The Morgan fingerprint density at radius 1 is 1.07 bits per heavy atom. The van der Waals surface area contributed by atoms with Gasteiger partial charge in [-0.1, -0.05) is 24.3 Å². The van der Waals surface area contributed by atoms with Crippen molar-refractivity contribution in [1.29, 1.82) is 0 Å². The van der Waals surface area contributed by atoms with Crippen molar-refractivity contribution >= 4 is 28.6 Å². The standard InChI is InChI=1S/C21H17N5O4/c22-19(28)18(27)15(11-13-12-30-16-6-2-1-5-14(13)16)25-21(29)20-24-9-10-26(20)17-7-3-4-8-23-17/h1-10,12,15H,11H2,(H2,22,28)(H,25,29). The number of furan rings is 1. The summed E-state index contributed by atoms with van der Waals surface area (Å²) in [5, 5.41) is 3.35. The number of nitrogens with one attached hydrogen (secondary N) is 1. The van der Waals surface area contributed by atoms with Crippen LogP contribution in [0.15, 0.2) is 71.7 Å². The molecule has 1 unspecified atom stereocenters. The van der Waals surface area contributed by atoms with Crippen molar-refractivity contribution in [3.8, 4) is 5.82 Å². The molecule has 1 aromatic carbocycles. The molecular formula is C21H17N5O4. The van der Waals surface area contributed by atoms with Gasteiger partial charge in [-0.05, 0) is 18.2 Å². The van der Waals surface area contributed by atoms with Gasteiger partial charge in [0.1, 0.15) is 17.4 Å². The Morgan fingerprint density at radius 3 is 2.63 bits per heavy atom. The fourth-order valence-electron chi connectivity index (χ4n) is 3.17. The number of fused-ring (bicyclic) bond motifs is 1. The van der Waals surface area contributed by atoms with Gasteiger partial charge in [0.25, 0.3) is 11.8 Å². The number of para-hydroxylation sites is 1. The molecule has 9 nitrogen and oxygen atoms in total. The van der Waals surface area contributed by atoms with E-state index in [0.717, 1.165) is 5.39 Å². The van der Waals surface area contributed by atoms with Gasteiger partial charge >= 0.3 is 0 Å². The molecule has 2 amide bonds. The monoisotopic (exact) mass is 403 g/mol. The van der Waals surface area contributed by atoms with Gasteiger partial charge < -0.3 is 15.5 Å². The van der Waals surface area contributed by atoms with Gasteiger partial charge in [-0.15, -0.1) is 0 Å².